The zero-order chi connectivity index (χ0) is 10.9. The van der Waals surface area contributed by atoms with Crippen molar-refractivity contribution in [2.24, 2.45) is 5.73 Å². The van der Waals surface area contributed by atoms with E-state index in [-0.39, 0.29) is 12.1 Å². The van der Waals surface area contributed by atoms with Gasteiger partial charge in [0.15, 0.2) is 0 Å². The number of hydrogen-bond donors (Lipinski definition) is 1. The van der Waals surface area contributed by atoms with Gasteiger partial charge in [-0.2, -0.15) is 17.0 Å². The van der Waals surface area contributed by atoms with E-state index in [1.54, 1.807) is 14.1 Å². The first-order valence-electron chi connectivity index (χ1n) is 4.80. The van der Waals surface area contributed by atoms with Gasteiger partial charge < -0.3 is 5.73 Å². The standard InChI is InChI=1S/C8H19N3O2S/c1-7-6-8(9)4-5-11(7)14(12,13)10(2)3/h7-8H,4-6,9H2,1-3H3. The van der Waals surface area contributed by atoms with Gasteiger partial charge in [0.1, 0.15) is 0 Å². The van der Waals surface area contributed by atoms with Crippen LogP contribution in [-0.2, 0) is 10.2 Å². The maximum absolute atomic E-state index is 11.8. The third kappa shape index (κ3) is 2.25. The summed E-state index contributed by atoms with van der Waals surface area (Å²) in [6, 6.07) is 0.143. The highest BCUT2D eigenvalue weighted by Crippen LogP contribution is 2.20. The Bertz CT molecular complexity index is 289. The van der Waals surface area contributed by atoms with Crippen molar-refractivity contribution >= 4 is 10.2 Å². The van der Waals surface area contributed by atoms with Crippen LogP contribution >= 0.6 is 0 Å². The summed E-state index contributed by atoms with van der Waals surface area (Å²) in [4.78, 5) is 0. The highest BCUT2D eigenvalue weighted by molar-refractivity contribution is 7.86. The molecule has 1 fully saturated rings. The molecule has 1 rings (SSSR count). The Labute approximate surface area is 86.0 Å². The predicted octanol–water partition coefficient (Wildman–Crippen LogP) is -0.396. The topological polar surface area (TPSA) is 66.6 Å². The smallest absolute Gasteiger partial charge is 0.281 e. The lowest BCUT2D eigenvalue weighted by atomic mass is 10.0. The molecular weight excluding hydrogens is 202 g/mol. The SMILES string of the molecule is CC1CC(N)CCN1S(=O)(=O)N(C)C. The van der Waals surface area contributed by atoms with Crippen molar-refractivity contribution in [2.75, 3.05) is 20.6 Å². The van der Waals surface area contributed by atoms with E-state index in [1.807, 2.05) is 6.92 Å². The van der Waals surface area contributed by atoms with E-state index in [0.717, 1.165) is 12.8 Å². The van der Waals surface area contributed by atoms with E-state index in [0.29, 0.717) is 6.54 Å². The molecule has 5 nitrogen and oxygen atoms in total. The van der Waals surface area contributed by atoms with E-state index >= 15 is 0 Å². The molecule has 0 saturated carbocycles. The summed E-state index contributed by atoms with van der Waals surface area (Å²) in [6.07, 6.45) is 1.49. The highest BCUT2D eigenvalue weighted by Gasteiger charge is 2.33. The molecule has 1 aliphatic rings. The number of hydrogen-bond acceptors (Lipinski definition) is 3. The number of nitrogens with zero attached hydrogens (tertiary/aromatic N) is 2. The van der Waals surface area contributed by atoms with Crippen molar-refractivity contribution in [3.63, 3.8) is 0 Å². The molecule has 1 saturated heterocycles. The van der Waals surface area contributed by atoms with E-state index in [4.69, 9.17) is 5.73 Å². The van der Waals surface area contributed by atoms with Crippen molar-refractivity contribution < 1.29 is 8.42 Å². The Kier molecular flexibility index (Phi) is 3.52. The van der Waals surface area contributed by atoms with Crippen LogP contribution in [0.1, 0.15) is 19.8 Å². The van der Waals surface area contributed by atoms with Crippen molar-refractivity contribution in [3.05, 3.63) is 0 Å². The molecule has 84 valence electrons. The van der Waals surface area contributed by atoms with E-state index in [9.17, 15) is 8.42 Å². The van der Waals surface area contributed by atoms with E-state index in [1.165, 1.54) is 8.61 Å². The molecule has 0 aromatic heterocycles. The van der Waals surface area contributed by atoms with Gasteiger partial charge >= 0.3 is 0 Å². The third-order valence-electron chi connectivity index (χ3n) is 2.61. The molecule has 6 heteroatoms. The lowest BCUT2D eigenvalue weighted by Gasteiger charge is -2.36. The van der Waals surface area contributed by atoms with Gasteiger partial charge in [0, 0.05) is 32.7 Å². The Balaban J connectivity index is 2.79. The minimum Gasteiger partial charge on any atom is -0.328 e. The minimum absolute atomic E-state index is 0.00569. The molecule has 0 bridgehead atoms. The van der Waals surface area contributed by atoms with Crippen LogP contribution in [0.25, 0.3) is 0 Å². The molecule has 1 aliphatic heterocycles. The third-order valence-corrected chi connectivity index (χ3v) is 4.67. The molecule has 1 heterocycles. The number of piperidine rings is 1. The second-order valence-corrected chi connectivity index (χ2v) is 6.13. The molecule has 0 aliphatic carbocycles. The second-order valence-electron chi connectivity index (χ2n) is 4.03. The Hall–Kier alpha value is -0.170. The van der Waals surface area contributed by atoms with Crippen LogP contribution in [0.15, 0.2) is 0 Å². The van der Waals surface area contributed by atoms with Crippen LogP contribution in [0.3, 0.4) is 0 Å². The molecule has 2 atom stereocenters. The van der Waals surface area contributed by atoms with Crippen LogP contribution < -0.4 is 5.73 Å². The van der Waals surface area contributed by atoms with Gasteiger partial charge in [-0.3, -0.25) is 0 Å². The largest absolute Gasteiger partial charge is 0.328 e. The van der Waals surface area contributed by atoms with Gasteiger partial charge in [-0.25, -0.2) is 0 Å². The molecule has 2 N–H and O–H groups in total. The van der Waals surface area contributed by atoms with Crippen molar-refractivity contribution in [1.82, 2.24) is 8.61 Å². The van der Waals surface area contributed by atoms with E-state index in [2.05, 4.69) is 0 Å². The van der Waals surface area contributed by atoms with Crippen molar-refractivity contribution in [3.8, 4) is 0 Å². The van der Waals surface area contributed by atoms with Crippen LogP contribution in [-0.4, -0.2) is 49.8 Å². The van der Waals surface area contributed by atoms with Gasteiger partial charge in [-0.05, 0) is 19.8 Å². The summed E-state index contributed by atoms with van der Waals surface area (Å²) < 4.78 is 26.4. The fraction of sp³-hybridized carbons (Fsp3) is 1.00. The zero-order valence-electron chi connectivity index (χ0n) is 8.97. The molecule has 14 heavy (non-hydrogen) atoms. The maximum atomic E-state index is 11.8. The van der Waals surface area contributed by atoms with Crippen molar-refractivity contribution in [1.29, 1.82) is 0 Å². The van der Waals surface area contributed by atoms with E-state index < -0.39 is 10.2 Å². The Morgan fingerprint density at radius 3 is 2.43 bits per heavy atom. The molecule has 0 aromatic carbocycles. The summed E-state index contributed by atoms with van der Waals surface area (Å²) in [5.74, 6) is 0. The Morgan fingerprint density at radius 1 is 1.43 bits per heavy atom. The quantitative estimate of drug-likeness (QED) is 0.690. The lowest BCUT2D eigenvalue weighted by Crippen LogP contribution is -2.51. The first-order valence-corrected chi connectivity index (χ1v) is 6.20. The number of rotatable bonds is 2. The molecule has 0 radical (unpaired) electrons. The molecule has 0 spiro atoms. The zero-order valence-corrected chi connectivity index (χ0v) is 9.79. The lowest BCUT2D eigenvalue weighted by molar-refractivity contribution is 0.236. The van der Waals surface area contributed by atoms with Crippen LogP contribution in [0.5, 0.6) is 0 Å². The summed E-state index contributed by atoms with van der Waals surface area (Å²) in [5.41, 5.74) is 5.77. The average molecular weight is 221 g/mol. The van der Waals surface area contributed by atoms with Gasteiger partial charge in [0.2, 0.25) is 0 Å². The second kappa shape index (κ2) is 4.14. The predicted molar refractivity (Wildman–Crippen MR) is 56.0 cm³/mol. The molecule has 0 amide bonds. The first kappa shape index (κ1) is 11.9. The van der Waals surface area contributed by atoms with Gasteiger partial charge in [0.25, 0.3) is 10.2 Å². The maximum Gasteiger partial charge on any atom is 0.281 e. The van der Waals surface area contributed by atoms with Gasteiger partial charge in [-0.15, -0.1) is 0 Å². The normalized spacial score (nSPS) is 30.9. The summed E-state index contributed by atoms with van der Waals surface area (Å²) in [5, 5.41) is 0. The Morgan fingerprint density at radius 2 is 2.00 bits per heavy atom. The summed E-state index contributed by atoms with van der Waals surface area (Å²) in [6.45, 7) is 2.43. The summed E-state index contributed by atoms with van der Waals surface area (Å²) in [7, 11) is -0.157. The average Bonchev–Trinajstić information content (AvgIpc) is 2.02. The monoisotopic (exact) mass is 221 g/mol. The van der Waals surface area contributed by atoms with Gasteiger partial charge in [0.05, 0.1) is 0 Å². The number of nitrogens with two attached hydrogens (primary N) is 1. The molecule has 0 aromatic rings. The minimum atomic E-state index is -3.26. The van der Waals surface area contributed by atoms with Crippen molar-refractivity contribution in [2.45, 2.75) is 31.8 Å². The molecular formula is C8H19N3O2S. The highest BCUT2D eigenvalue weighted by atomic mass is 32.2. The fourth-order valence-corrected chi connectivity index (χ4v) is 3.04. The van der Waals surface area contributed by atoms with Crippen LogP contribution in [0.2, 0.25) is 0 Å². The van der Waals surface area contributed by atoms with Crippen LogP contribution in [0.4, 0.5) is 0 Å². The summed E-state index contributed by atoms with van der Waals surface area (Å²) >= 11 is 0. The first-order chi connectivity index (χ1) is 6.35. The van der Waals surface area contributed by atoms with Crippen LogP contribution in [0, 0.1) is 0 Å². The van der Waals surface area contributed by atoms with Gasteiger partial charge in [-0.1, -0.05) is 0 Å². The fourth-order valence-electron chi connectivity index (χ4n) is 1.74. The molecule has 2 unspecified atom stereocenters.